The van der Waals surface area contributed by atoms with E-state index in [-0.39, 0.29) is 24.1 Å². The minimum Gasteiger partial charge on any atom is -0.348 e. The lowest BCUT2D eigenvalue weighted by Gasteiger charge is -2.15. The number of aromatic nitrogens is 1. The van der Waals surface area contributed by atoms with Gasteiger partial charge >= 0.3 is 0 Å². The van der Waals surface area contributed by atoms with Crippen LogP contribution >= 0.6 is 11.6 Å². The standard InChI is InChI=1S/C16H17ClN2O2/c1-11-4-3-9-19(16(11)21)10-15(20)18-12(2)13-5-7-14(17)8-6-13/h3-9,12H,10H2,1-2H3,(H,18,20). The zero-order valence-electron chi connectivity index (χ0n) is 12.0. The second-order valence-electron chi connectivity index (χ2n) is 4.97. The summed E-state index contributed by atoms with van der Waals surface area (Å²) in [5, 5.41) is 3.53. The van der Waals surface area contributed by atoms with Gasteiger partial charge < -0.3 is 9.88 Å². The summed E-state index contributed by atoms with van der Waals surface area (Å²) < 4.78 is 1.40. The Morgan fingerprint density at radius 1 is 1.29 bits per heavy atom. The number of nitrogens with zero attached hydrogens (tertiary/aromatic N) is 1. The number of hydrogen-bond donors (Lipinski definition) is 1. The molecular formula is C16H17ClN2O2. The van der Waals surface area contributed by atoms with E-state index < -0.39 is 0 Å². The third kappa shape index (κ3) is 3.95. The van der Waals surface area contributed by atoms with Crippen LogP contribution < -0.4 is 10.9 Å². The fourth-order valence-electron chi connectivity index (χ4n) is 2.06. The van der Waals surface area contributed by atoms with Crippen molar-refractivity contribution in [2.24, 2.45) is 0 Å². The molecule has 0 aliphatic heterocycles. The Kier molecular flexibility index (Phi) is 4.81. The van der Waals surface area contributed by atoms with Crippen molar-refractivity contribution in [3.05, 3.63) is 69.1 Å². The van der Waals surface area contributed by atoms with Gasteiger partial charge in [-0.25, -0.2) is 0 Å². The third-order valence-electron chi connectivity index (χ3n) is 3.27. The second kappa shape index (κ2) is 6.59. The number of carbonyl (C=O) groups excluding carboxylic acids is 1. The van der Waals surface area contributed by atoms with E-state index in [9.17, 15) is 9.59 Å². The van der Waals surface area contributed by atoms with Crippen molar-refractivity contribution < 1.29 is 4.79 Å². The number of rotatable bonds is 4. The third-order valence-corrected chi connectivity index (χ3v) is 3.52. The van der Waals surface area contributed by atoms with Crippen molar-refractivity contribution in [1.29, 1.82) is 0 Å². The predicted molar refractivity (Wildman–Crippen MR) is 83.4 cm³/mol. The Balaban J connectivity index is 2.03. The van der Waals surface area contributed by atoms with Crippen LogP contribution in [0.2, 0.25) is 5.02 Å². The lowest BCUT2D eigenvalue weighted by Crippen LogP contribution is -2.34. The topological polar surface area (TPSA) is 51.1 Å². The maximum atomic E-state index is 12.0. The molecule has 1 unspecified atom stereocenters. The maximum Gasteiger partial charge on any atom is 0.253 e. The van der Waals surface area contributed by atoms with Gasteiger partial charge in [0, 0.05) is 16.8 Å². The van der Waals surface area contributed by atoms with Gasteiger partial charge in [0.25, 0.3) is 5.56 Å². The van der Waals surface area contributed by atoms with Gasteiger partial charge in [0.2, 0.25) is 5.91 Å². The van der Waals surface area contributed by atoms with Gasteiger partial charge in [0.1, 0.15) is 6.54 Å². The van der Waals surface area contributed by atoms with Crippen molar-refractivity contribution in [1.82, 2.24) is 9.88 Å². The first kappa shape index (κ1) is 15.3. The molecule has 21 heavy (non-hydrogen) atoms. The van der Waals surface area contributed by atoms with E-state index in [1.807, 2.05) is 19.1 Å². The molecule has 1 N–H and O–H groups in total. The number of halogens is 1. The van der Waals surface area contributed by atoms with Gasteiger partial charge in [-0.1, -0.05) is 29.8 Å². The molecule has 1 amide bonds. The number of carbonyl (C=O) groups is 1. The summed E-state index contributed by atoms with van der Waals surface area (Å²) in [5.41, 5.74) is 1.44. The molecule has 0 aliphatic rings. The fraction of sp³-hybridized carbons (Fsp3) is 0.250. The molecule has 0 fully saturated rings. The fourth-order valence-corrected chi connectivity index (χ4v) is 2.18. The predicted octanol–water partition coefficient (Wildman–Crippen LogP) is 2.69. The Morgan fingerprint density at radius 2 is 1.95 bits per heavy atom. The monoisotopic (exact) mass is 304 g/mol. The second-order valence-corrected chi connectivity index (χ2v) is 5.40. The van der Waals surface area contributed by atoms with Crippen molar-refractivity contribution in [2.45, 2.75) is 26.4 Å². The molecular weight excluding hydrogens is 288 g/mol. The van der Waals surface area contributed by atoms with Crippen molar-refractivity contribution in [3.8, 4) is 0 Å². The zero-order chi connectivity index (χ0) is 15.4. The summed E-state index contributed by atoms with van der Waals surface area (Å²) in [7, 11) is 0. The molecule has 0 radical (unpaired) electrons. The summed E-state index contributed by atoms with van der Waals surface area (Å²) in [6.45, 7) is 3.63. The van der Waals surface area contributed by atoms with Gasteiger partial charge in [0.05, 0.1) is 6.04 Å². The van der Waals surface area contributed by atoms with Gasteiger partial charge in [-0.05, 0) is 37.6 Å². The summed E-state index contributed by atoms with van der Waals surface area (Å²) >= 11 is 5.84. The summed E-state index contributed by atoms with van der Waals surface area (Å²) in [5.74, 6) is -0.204. The van der Waals surface area contributed by atoms with Crippen LogP contribution in [0.1, 0.15) is 24.1 Å². The highest BCUT2D eigenvalue weighted by molar-refractivity contribution is 6.30. The molecule has 1 heterocycles. The molecule has 1 atom stereocenters. The highest BCUT2D eigenvalue weighted by atomic mass is 35.5. The molecule has 0 bridgehead atoms. The normalized spacial score (nSPS) is 12.0. The van der Waals surface area contributed by atoms with E-state index in [0.29, 0.717) is 10.6 Å². The quantitative estimate of drug-likeness (QED) is 0.944. The largest absolute Gasteiger partial charge is 0.348 e. The van der Waals surface area contributed by atoms with E-state index in [1.165, 1.54) is 4.57 Å². The molecule has 2 aromatic rings. The van der Waals surface area contributed by atoms with Crippen LogP contribution in [0.15, 0.2) is 47.4 Å². The van der Waals surface area contributed by atoms with E-state index in [0.717, 1.165) is 5.56 Å². The highest BCUT2D eigenvalue weighted by Gasteiger charge is 2.11. The molecule has 0 spiro atoms. The highest BCUT2D eigenvalue weighted by Crippen LogP contribution is 2.15. The van der Waals surface area contributed by atoms with Crippen LogP contribution in [0.3, 0.4) is 0 Å². The molecule has 1 aromatic heterocycles. The first-order chi connectivity index (χ1) is 9.97. The minimum atomic E-state index is -0.204. The molecule has 0 saturated heterocycles. The van der Waals surface area contributed by atoms with Gasteiger partial charge in [-0.2, -0.15) is 0 Å². The van der Waals surface area contributed by atoms with Crippen LogP contribution in [0.25, 0.3) is 0 Å². The van der Waals surface area contributed by atoms with E-state index in [2.05, 4.69) is 5.32 Å². The number of nitrogens with one attached hydrogen (secondary N) is 1. The number of benzene rings is 1. The van der Waals surface area contributed by atoms with Gasteiger partial charge in [0.15, 0.2) is 0 Å². The number of amides is 1. The van der Waals surface area contributed by atoms with Gasteiger partial charge in [-0.15, -0.1) is 0 Å². The maximum absolute atomic E-state index is 12.0. The van der Waals surface area contributed by atoms with Crippen LogP contribution in [0.5, 0.6) is 0 Å². The molecule has 4 nitrogen and oxygen atoms in total. The first-order valence-electron chi connectivity index (χ1n) is 6.68. The smallest absolute Gasteiger partial charge is 0.253 e. The first-order valence-corrected chi connectivity index (χ1v) is 7.06. The average molecular weight is 305 g/mol. The van der Waals surface area contributed by atoms with E-state index in [1.54, 1.807) is 37.4 Å². The molecule has 2 rings (SSSR count). The van der Waals surface area contributed by atoms with E-state index in [4.69, 9.17) is 11.6 Å². The molecule has 0 aliphatic carbocycles. The lowest BCUT2D eigenvalue weighted by molar-refractivity contribution is -0.122. The Bertz CT molecular complexity index is 692. The van der Waals surface area contributed by atoms with Crippen LogP contribution in [0.4, 0.5) is 0 Å². The van der Waals surface area contributed by atoms with Crippen LogP contribution in [-0.2, 0) is 11.3 Å². The van der Waals surface area contributed by atoms with Crippen molar-refractivity contribution in [3.63, 3.8) is 0 Å². The molecule has 5 heteroatoms. The van der Waals surface area contributed by atoms with Crippen molar-refractivity contribution >= 4 is 17.5 Å². The number of aryl methyl sites for hydroxylation is 1. The molecule has 1 aromatic carbocycles. The van der Waals surface area contributed by atoms with E-state index >= 15 is 0 Å². The minimum absolute atomic E-state index is 0.0123. The van der Waals surface area contributed by atoms with Crippen LogP contribution in [-0.4, -0.2) is 10.5 Å². The Hall–Kier alpha value is -2.07. The SMILES string of the molecule is Cc1cccn(CC(=O)NC(C)c2ccc(Cl)cc2)c1=O. The van der Waals surface area contributed by atoms with Crippen LogP contribution in [0, 0.1) is 6.92 Å². The number of pyridine rings is 1. The molecule has 0 saturated carbocycles. The Labute approximate surface area is 128 Å². The van der Waals surface area contributed by atoms with Gasteiger partial charge in [-0.3, -0.25) is 9.59 Å². The summed E-state index contributed by atoms with van der Waals surface area (Å²) in [6.07, 6.45) is 1.61. The summed E-state index contributed by atoms with van der Waals surface area (Å²) in [6, 6.07) is 10.6. The average Bonchev–Trinajstić information content (AvgIpc) is 2.44. The molecule has 110 valence electrons. The number of hydrogen-bond acceptors (Lipinski definition) is 2. The Morgan fingerprint density at radius 3 is 2.62 bits per heavy atom. The lowest BCUT2D eigenvalue weighted by atomic mass is 10.1. The summed E-state index contributed by atoms with van der Waals surface area (Å²) in [4.78, 5) is 23.9. The zero-order valence-corrected chi connectivity index (χ0v) is 12.7. The van der Waals surface area contributed by atoms with Crippen molar-refractivity contribution in [2.75, 3.05) is 0 Å².